The molecule has 1 heterocycles. The van der Waals surface area contributed by atoms with Crippen molar-refractivity contribution in [3.63, 3.8) is 0 Å². The number of carbonyl (C=O) groups is 1. The van der Waals surface area contributed by atoms with Crippen LogP contribution in [0.5, 0.6) is 11.5 Å². The van der Waals surface area contributed by atoms with E-state index >= 15 is 0 Å². The van der Waals surface area contributed by atoms with E-state index in [9.17, 15) is 4.79 Å². The van der Waals surface area contributed by atoms with Crippen LogP contribution in [0.15, 0.2) is 76.1 Å². The molecule has 1 fully saturated rings. The first kappa shape index (κ1) is 24.5. The van der Waals surface area contributed by atoms with Crippen LogP contribution >= 0.6 is 39.9 Å². The van der Waals surface area contributed by atoms with Gasteiger partial charge in [0.25, 0.3) is 5.91 Å². The van der Waals surface area contributed by atoms with Crippen molar-refractivity contribution in [2.75, 3.05) is 13.2 Å². The number of amides is 1. The molecule has 1 amide bonds. The maximum Gasteiger partial charge on any atom is 0.266 e. The lowest BCUT2D eigenvalue weighted by Crippen LogP contribution is -2.27. The van der Waals surface area contributed by atoms with Gasteiger partial charge in [0.15, 0.2) is 0 Å². The van der Waals surface area contributed by atoms with E-state index in [1.807, 2.05) is 73.7 Å². The molecule has 4 rings (SSSR count). The number of thiocarbonyl (C=S) groups is 1. The molecule has 34 heavy (non-hydrogen) atoms. The van der Waals surface area contributed by atoms with Crippen LogP contribution < -0.4 is 9.47 Å². The minimum atomic E-state index is -0.0945. The molecule has 4 nitrogen and oxygen atoms in total. The summed E-state index contributed by atoms with van der Waals surface area (Å²) < 4.78 is 13.4. The average Bonchev–Trinajstić information content (AvgIpc) is 3.07. The summed E-state index contributed by atoms with van der Waals surface area (Å²) in [6.45, 7) is 5.35. The monoisotopic (exact) mass is 553 g/mol. The molecule has 1 aliphatic rings. The molecule has 7 heteroatoms. The zero-order chi connectivity index (χ0) is 24.1. The number of benzene rings is 3. The zero-order valence-corrected chi connectivity index (χ0v) is 22.1. The zero-order valence-electron chi connectivity index (χ0n) is 18.9. The highest BCUT2D eigenvalue weighted by molar-refractivity contribution is 9.10. The van der Waals surface area contributed by atoms with Gasteiger partial charge in [0, 0.05) is 10.0 Å². The summed E-state index contributed by atoms with van der Waals surface area (Å²) in [5.74, 6) is 1.44. The normalized spacial score (nSPS) is 14.7. The van der Waals surface area contributed by atoms with Crippen LogP contribution in [-0.2, 0) is 11.3 Å². The number of carbonyl (C=O) groups excluding carboxylic acids is 1. The lowest BCUT2D eigenvalue weighted by molar-refractivity contribution is -0.122. The summed E-state index contributed by atoms with van der Waals surface area (Å²) >= 11 is 10.3. The van der Waals surface area contributed by atoms with E-state index < -0.39 is 0 Å². The van der Waals surface area contributed by atoms with Crippen molar-refractivity contribution in [3.8, 4) is 11.5 Å². The van der Waals surface area contributed by atoms with Crippen LogP contribution in [0.3, 0.4) is 0 Å². The molecule has 3 aromatic rings. The van der Waals surface area contributed by atoms with Gasteiger partial charge in [-0.05, 0) is 55.3 Å². The van der Waals surface area contributed by atoms with Crippen molar-refractivity contribution in [3.05, 3.63) is 98.4 Å². The molecule has 0 radical (unpaired) electrons. The highest BCUT2D eigenvalue weighted by Crippen LogP contribution is 2.36. The van der Waals surface area contributed by atoms with E-state index in [0.29, 0.717) is 34.7 Å². The second-order valence-electron chi connectivity index (χ2n) is 7.90. The molecule has 0 unspecified atom stereocenters. The Hall–Kier alpha value is -2.61. The van der Waals surface area contributed by atoms with Gasteiger partial charge >= 0.3 is 0 Å². The van der Waals surface area contributed by atoms with E-state index in [2.05, 4.69) is 28.9 Å². The first-order valence-electron chi connectivity index (χ1n) is 10.8. The van der Waals surface area contributed by atoms with Crippen LogP contribution in [-0.4, -0.2) is 28.3 Å². The Balaban J connectivity index is 1.44. The van der Waals surface area contributed by atoms with Gasteiger partial charge in [-0.3, -0.25) is 9.69 Å². The number of hydrogen-bond donors (Lipinski definition) is 0. The minimum absolute atomic E-state index is 0.0945. The number of hydrogen-bond acceptors (Lipinski definition) is 5. The minimum Gasteiger partial charge on any atom is -0.490 e. The molecule has 0 aromatic heterocycles. The Morgan fingerprint density at radius 2 is 1.68 bits per heavy atom. The highest BCUT2D eigenvalue weighted by atomic mass is 79.9. The molecule has 3 aromatic carbocycles. The van der Waals surface area contributed by atoms with Crippen molar-refractivity contribution in [1.82, 2.24) is 4.90 Å². The van der Waals surface area contributed by atoms with Crippen LogP contribution in [0.4, 0.5) is 0 Å². The number of aryl methyl sites for hydroxylation is 2. The maximum atomic E-state index is 13.1. The lowest BCUT2D eigenvalue weighted by Gasteiger charge is -2.14. The molecule has 0 aliphatic carbocycles. The Labute approximate surface area is 218 Å². The molecule has 174 valence electrons. The summed E-state index contributed by atoms with van der Waals surface area (Å²) in [6.07, 6.45) is 1.84. The summed E-state index contributed by atoms with van der Waals surface area (Å²) in [4.78, 5) is 15.3. The van der Waals surface area contributed by atoms with E-state index in [-0.39, 0.29) is 5.91 Å². The number of ether oxygens (including phenoxy) is 2. The van der Waals surface area contributed by atoms with Gasteiger partial charge in [-0.15, -0.1) is 0 Å². The second-order valence-corrected chi connectivity index (χ2v) is 10.5. The third kappa shape index (κ3) is 6.09. The van der Waals surface area contributed by atoms with E-state index in [4.69, 9.17) is 21.7 Å². The smallest absolute Gasteiger partial charge is 0.266 e. The Bertz CT molecular complexity index is 1240. The molecule has 0 atom stereocenters. The van der Waals surface area contributed by atoms with Gasteiger partial charge in [0.05, 0.1) is 11.4 Å². The molecule has 0 N–H and O–H groups in total. The molecular weight excluding hydrogens is 530 g/mol. The molecule has 1 aliphatic heterocycles. The van der Waals surface area contributed by atoms with Gasteiger partial charge in [0.1, 0.15) is 29.0 Å². The molecule has 0 spiro atoms. The average molecular weight is 555 g/mol. The predicted molar refractivity (Wildman–Crippen MR) is 146 cm³/mol. The fourth-order valence-electron chi connectivity index (χ4n) is 3.57. The standard InChI is InChI=1S/C27H24BrNO3S2/c1-18-8-10-23(19(2)14-18)31-12-13-32-24-11-9-22(28)15-21(24)16-25-26(30)29(27(33)34-25)17-20-6-4-3-5-7-20/h3-11,14-16H,12-13,17H2,1-2H3/b25-16-. The Morgan fingerprint density at radius 3 is 2.41 bits per heavy atom. The Kier molecular flexibility index (Phi) is 8.08. The van der Waals surface area contributed by atoms with Gasteiger partial charge in [-0.2, -0.15) is 0 Å². The number of halogens is 1. The van der Waals surface area contributed by atoms with E-state index in [0.717, 1.165) is 26.9 Å². The first-order chi connectivity index (χ1) is 16.4. The van der Waals surface area contributed by atoms with Crippen molar-refractivity contribution in [1.29, 1.82) is 0 Å². The second kappa shape index (κ2) is 11.2. The Morgan fingerprint density at radius 1 is 0.971 bits per heavy atom. The van der Waals surface area contributed by atoms with Crippen LogP contribution in [0.2, 0.25) is 0 Å². The molecule has 0 bridgehead atoms. The summed E-state index contributed by atoms with van der Waals surface area (Å²) in [5.41, 5.74) is 4.15. The van der Waals surface area contributed by atoms with Gasteiger partial charge in [0.2, 0.25) is 0 Å². The van der Waals surface area contributed by atoms with Crippen molar-refractivity contribution >= 4 is 56.2 Å². The lowest BCUT2D eigenvalue weighted by atomic mass is 10.1. The first-order valence-corrected chi connectivity index (χ1v) is 12.8. The largest absolute Gasteiger partial charge is 0.490 e. The number of thioether (sulfide) groups is 1. The SMILES string of the molecule is Cc1ccc(OCCOc2ccc(Br)cc2/C=C2\SC(=S)N(Cc3ccccc3)C2=O)c(C)c1. The van der Waals surface area contributed by atoms with Crippen LogP contribution in [0, 0.1) is 13.8 Å². The molecule has 0 saturated carbocycles. The molecule has 1 saturated heterocycles. The van der Waals surface area contributed by atoms with Crippen molar-refractivity contribution < 1.29 is 14.3 Å². The van der Waals surface area contributed by atoms with Crippen molar-refractivity contribution in [2.45, 2.75) is 20.4 Å². The summed E-state index contributed by atoms with van der Waals surface area (Å²) in [7, 11) is 0. The predicted octanol–water partition coefficient (Wildman–Crippen LogP) is 6.93. The number of nitrogens with zero attached hydrogens (tertiary/aromatic N) is 1. The van der Waals surface area contributed by atoms with Gasteiger partial charge in [-0.25, -0.2) is 0 Å². The summed E-state index contributed by atoms with van der Waals surface area (Å²) in [5, 5.41) is 0. The fraction of sp³-hybridized carbons (Fsp3) is 0.185. The molecular formula is C27H24BrNO3S2. The quantitative estimate of drug-likeness (QED) is 0.172. The highest BCUT2D eigenvalue weighted by Gasteiger charge is 2.32. The summed E-state index contributed by atoms with van der Waals surface area (Å²) in [6, 6.07) is 21.7. The van der Waals surface area contributed by atoms with E-state index in [1.54, 1.807) is 4.90 Å². The van der Waals surface area contributed by atoms with Gasteiger partial charge < -0.3 is 9.47 Å². The van der Waals surface area contributed by atoms with Crippen molar-refractivity contribution in [2.24, 2.45) is 0 Å². The number of rotatable bonds is 8. The van der Waals surface area contributed by atoms with Crippen LogP contribution in [0.25, 0.3) is 6.08 Å². The van der Waals surface area contributed by atoms with E-state index in [1.165, 1.54) is 17.3 Å². The topological polar surface area (TPSA) is 38.8 Å². The third-order valence-corrected chi connectivity index (χ3v) is 7.12. The van der Waals surface area contributed by atoms with Crippen LogP contribution in [0.1, 0.15) is 22.3 Å². The van der Waals surface area contributed by atoms with Gasteiger partial charge in [-0.1, -0.05) is 87.9 Å². The fourth-order valence-corrected chi connectivity index (χ4v) is 5.20. The third-order valence-electron chi connectivity index (χ3n) is 5.24. The maximum absolute atomic E-state index is 13.1.